The Hall–Kier alpha value is -3.23. The second-order valence-corrected chi connectivity index (χ2v) is 10.8. The molecule has 0 aliphatic carbocycles. The van der Waals surface area contributed by atoms with Gasteiger partial charge in [0.25, 0.3) is 0 Å². The number of hydrogen-bond acceptors (Lipinski definition) is 7. The summed E-state index contributed by atoms with van der Waals surface area (Å²) < 4.78 is 17.1. The van der Waals surface area contributed by atoms with E-state index in [2.05, 4.69) is 52.3 Å². The molecule has 204 valence electrons. The van der Waals surface area contributed by atoms with Gasteiger partial charge in [0.1, 0.15) is 24.0 Å². The average Bonchev–Trinajstić information content (AvgIpc) is 2.97. The second-order valence-electron chi connectivity index (χ2n) is 10.8. The molecule has 1 N–H and O–H groups in total. The third-order valence-corrected chi connectivity index (χ3v) is 8.04. The predicted octanol–water partition coefficient (Wildman–Crippen LogP) is 4.40. The summed E-state index contributed by atoms with van der Waals surface area (Å²) in [6.07, 6.45) is 1.56. The maximum Gasteiger partial charge on any atom is 0.340 e. The Bertz CT molecular complexity index is 1470. The molecule has 1 unspecified atom stereocenters. The first kappa shape index (κ1) is 26.0. The molecule has 2 saturated heterocycles. The van der Waals surface area contributed by atoms with Crippen molar-refractivity contribution in [2.75, 3.05) is 52.5 Å². The topological polar surface area (TPSA) is 75.4 Å². The number of ether oxygens (including phenoxy) is 2. The minimum Gasteiger partial charge on any atom is -0.490 e. The van der Waals surface area contributed by atoms with Gasteiger partial charge in [-0.2, -0.15) is 0 Å². The molecule has 0 spiro atoms. The molecule has 1 atom stereocenters. The number of aliphatic hydroxyl groups excluding tert-OH is 1. The fourth-order valence-electron chi connectivity index (χ4n) is 5.84. The summed E-state index contributed by atoms with van der Waals surface area (Å²) in [7, 11) is 0. The molecule has 1 aromatic heterocycles. The predicted molar refractivity (Wildman–Crippen MR) is 152 cm³/mol. The number of fused-ring (bicyclic) bond motifs is 2. The first-order valence-electron chi connectivity index (χ1n) is 14.0. The summed E-state index contributed by atoms with van der Waals surface area (Å²) in [5.74, 6) is 1.17. The van der Waals surface area contributed by atoms with Crippen LogP contribution in [0.5, 0.6) is 5.75 Å². The molecule has 2 aliphatic rings. The van der Waals surface area contributed by atoms with Crippen molar-refractivity contribution in [1.29, 1.82) is 0 Å². The largest absolute Gasteiger partial charge is 0.490 e. The van der Waals surface area contributed by atoms with Crippen molar-refractivity contribution >= 4 is 21.7 Å². The van der Waals surface area contributed by atoms with E-state index in [1.165, 1.54) is 16.3 Å². The first-order chi connectivity index (χ1) is 19.1. The first-order valence-corrected chi connectivity index (χ1v) is 14.0. The number of hydrogen-bond donors (Lipinski definition) is 1. The maximum absolute atomic E-state index is 12.6. The zero-order chi connectivity index (χ0) is 26.6. The Morgan fingerprint density at radius 1 is 0.897 bits per heavy atom. The van der Waals surface area contributed by atoms with Crippen LogP contribution in [0.4, 0.5) is 0 Å². The summed E-state index contributed by atoms with van der Waals surface area (Å²) >= 11 is 0. The Morgan fingerprint density at radius 3 is 2.51 bits per heavy atom. The molecular weight excluding hydrogens is 492 g/mol. The highest BCUT2D eigenvalue weighted by Crippen LogP contribution is 2.30. The zero-order valence-corrected chi connectivity index (χ0v) is 22.3. The van der Waals surface area contributed by atoms with Crippen molar-refractivity contribution < 1.29 is 19.0 Å². The van der Waals surface area contributed by atoms with Gasteiger partial charge in [0, 0.05) is 26.2 Å². The van der Waals surface area contributed by atoms with E-state index in [1.807, 2.05) is 18.2 Å². The summed E-state index contributed by atoms with van der Waals surface area (Å²) in [5, 5.41) is 14.1. The molecule has 2 aliphatic heterocycles. The summed E-state index contributed by atoms with van der Waals surface area (Å²) in [4.78, 5) is 17.1. The molecule has 0 bridgehead atoms. The lowest BCUT2D eigenvalue weighted by molar-refractivity contribution is 0.0338. The van der Waals surface area contributed by atoms with Crippen LogP contribution in [0.3, 0.4) is 0 Å². The van der Waals surface area contributed by atoms with E-state index in [9.17, 15) is 9.90 Å². The van der Waals surface area contributed by atoms with E-state index in [4.69, 9.17) is 13.9 Å². The van der Waals surface area contributed by atoms with Gasteiger partial charge in [-0.15, -0.1) is 0 Å². The molecular formula is C32H36N2O5. The Kier molecular flexibility index (Phi) is 7.93. The molecule has 7 heteroatoms. The molecule has 2 fully saturated rings. The van der Waals surface area contributed by atoms with E-state index >= 15 is 0 Å². The smallest absolute Gasteiger partial charge is 0.340 e. The highest BCUT2D eigenvalue weighted by Gasteiger charge is 2.23. The monoisotopic (exact) mass is 528 g/mol. The Labute approximate surface area is 228 Å². The third kappa shape index (κ3) is 6.17. The van der Waals surface area contributed by atoms with Crippen LogP contribution in [-0.4, -0.2) is 73.6 Å². The lowest BCUT2D eigenvalue weighted by Gasteiger charge is -2.33. The lowest BCUT2D eigenvalue weighted by Crippen LogP contribution is -2.40. The second kappa shape index (κ2) is 11.9. The summed E-state index contributed by atoms with van der Waals surface area (Å²) in [6.45, 7) is 6.13. The maximum atomic E-state index is 12.6. The Morgan fingerprint density at radius 2 is 1.69 bits per heavy atom. The van der Waals surface area contributed by atoms with E-state index in [1.54, 1.807) is 6.07 Å². The van der Waals surface area contributed by atoms with E-state index < -0.39 is 6.10 Å². The van der Waals surface area contributed by atoms with E-state index in [-0.39, 0.29) is 12.2 Å². The van der Waals surface area contributed by atoms with Crippen LogP contribution < -0.4 is 10.4 Å². The average molecular weight is 529 g/mol. The van der Waals surface area contributed by atoms with Crippen LogP contribution in [0.2, 0.25) is 0 Å². The quantitative estimate of drug-likeness (QED) is 0.340. The number of rotatable bonds is 8. The number of likely N-dealkylation sites (tertiary alicyclic amines) is 1. The van der Waals surface area contributed by atoms with Crippen LogP contribution in [-0.2, 0) is 11.3 Å². The van der Waals surface area contributed by atoms with Gasteiger partial charge in [0.05, 0.1) is 24.2 Å². The molecule has 3 heterocycles. The van der Waals surface area contributed by atoms with Crippen LogP contribution >= 0.6 is 0 Å². The molecule has 0 radical (unpaired) electrons. The minimum atomic E-state index is -0.610. The zero-order valence-electron chi connectivity index (χ0n) is 22.3. The SMILES string of the molecule is O=c1oc2cccc(OCC(O)CN3CCC(c4ccc5ccccc5c4)CC3)c2cc1CN1CCOCC1. The van der Waals surface area contributed by atoms with Crippen LogP contribution in [0.1, 0.15) is 29.9 Å². The molecule has 3 aromatic carbocycles. The normalized spacial score (nSPS) is 18.5. The van der Waals surface area contributed by atoms with Gasteiger partial charge in [0.15, 0.2) is 0 Å². The highest BCUT2D eigenvalue weighted by atomic mass is 16.5. The number of nitrogens with zero attached hydrogens (tertiary/aromatic N) is 2. The standard InChI is InChI=1S/C32H36N2O5/c35-28(21-33-12-10-24(11-13-33)26-9-8-23-4-1-2-5-25(23)18-26)22-38-30-6-3-7-31-29(30)19-27(32(36)39-31)20-34-14-16-37-17-15-34/h1-9,18-19,24,28,35H,10-17,20-22H2. The van der Waals surface area contributed by atoms with Crippen molar-refractivity contribution in [3.8, 4) is 5.75 Å². The van der Waals surface area contributed by atoms with Gasteiger partial charge >= 0.3 is 5.63 Å². The molecule has 39 heavy (non-hydrogen) atoms. The molecule has 6 rings (SSSR count). The summed E-state index contributed by atoms with van der Waals surface area (Å²) in [6, 6.07) is 22.7. The molecule has 7 nitrogen and oxygen atoms in total. The van der Waals surface area contributed by atoms with Crippen molar-refractivity contribution in [2.45, 2.75) is 31.4 Å². The van der Waals surface area contributed by atoms with Gasteiger partial charge in [-0.3, -0.25) is 4.90 Å². The highest BCUT2D eigenvalue weighted by molar-refractivity contribution is 5.84. The number of β-amino-alcohol motifs (C(OH)–C–C–N with tert-alkyl or cyclic N) is 1. The minimum absolute atomic E-state index is 0.182. The van der Waals surface area contributed by atoms with Crippen molar-refractivity contribution in [3.63, 3.8) is 0 Å². The summed E-state index contributed by atoms with van der Waals surface area (Å²) in [5.41, 5.74) is 2.19. The van der Waals surface area contributed by atoms with E-state index in [0.29, 0.717) is 49.1 Å². The van der Waals surface area contributed by atoms with Crippen molar-refractivity contribution in [1.82, 2.24) is 9.80 Å². The van der Waals surface area contributed by atoms with Crippen molar-refractivity contribution in [2.24, 2.45) is 0 Å². The third-order valence-electron chi connectivity index (χ3n) is 8.04. The lowest BCUT2D eigenvalue weighted by atomic mass is 9.88. The van der Waals surface area contributed by atoms with Gasteiger partial charge in [-0.1, -0.05) is 48.5 Å². The Balaban J connectivity index is 1.04. The molecule has 0 amide bonds. The number of piperidine rings is 1. The molecule has 0 saturated carbocycles. The van der Waals surface area contributed by atoms with Gasteiger partial charge < -0.3 is 23.9 Å². The fraction of sp³-hybridized carbons (Fsp3) is 0.406. The van der Waals surface area contributed by atoms with Crippen molar-refractivity contribution in [3.05, 3.63) is 88.3 Å². The number of benzene rings is 3. The van der Waals surface area contributed by atoms with Gasteiger partial charge in [-0.05, 0) is 66.4 Å². The van der Waals surface area contributed by atoms with Gasteiger partial charge in [0.2, 0.25) is 0 Å². The van der Waals surface area contributed by atoms with Crippen LogP contribution in [0.15, 0.2) is 75.9 Å². The van der Waals surface area contributed by atoms with Gasteiger partial charge in [-0.25, -0.2) is 4.79 Å². The number of morpholine rings is 1. The van der Waals surface area contributed by atoms with Crippen LogP contribution in [0, 0.1) is 0 Å². The van der Waals surface area contributed by atoms with Crippen LogP contribution in [0.25, 0.3) is 21.7 Å². The van der Waals surface area contributed by atoms with E-state index in [0.717, 1.165) is 44.4 Å². The number of aliphatic hydroxyl groups is 1. The fourth-order valence-corrected chi connectivity index (χ4v) is 5.84. The molecule has 4 aromatic rings.